The molecule has 5 heteroatoms. The van der Waals surface area contributed by atoms with Crippen molar-refractivity contribution in [3.05, 3.63) is 29.8 Å². The summed E-state index contributed by atoms with van der Waals surface area (Å²) in [4.78, 5) is 0. The summed E-state index contributed by atoms with van der Waals surface area (Å²) in [6, 6.07) is 7.52. The first kappa shape index (κ1) is 13.4. The van der Waals surface area contributed by atoms with Crippen molar-refractivity contribution >= 4 is 9.84 Å². The quantitative estimate of drug-likeness (QED) is 0.889. The number of aryl methyl sites for hydroxylation is 1. The van der Waals surface area contributed by atoms with E-state index in [1.165, 1.54) is 5.56 Å². The van der Waals surface area contributed by atoms with Crippen LogP contribution in [0.15, 0.2) is 24.3 Å². The van der Waals surface area contributed by atoms with Crippen molar-refractivity contribution in [3.63, 3.8) is 0 Å². The van der Waals surface area contributed by atoms with E-state index in [9.17, 15) is 8.42 Å². The predicted molar refractivity (Wildman–Crippen MR) is 71.4 cm³/mol. The molecule has 2 unspecified atom stereocenters. The molecule has 0 aliphatic carbocycles. The maximum absolute atomic E-state index is 11.4. The molecule has 1 heterocycles. The Balaban J connectivity index is 1.85. The van der Waals surface area contributed by atoms with Crippen molar-refractivity contribution in [1.82, 2.24) is 0 Å². The van der Waals surface area contributed by atoms with E-state index in [1.807, 2.05) is 31.2 Å². The molecule has 1 aliphatic heterocycles. The van der Waals surface area contributed by atoms with Crippen LogP contribution < -0.4 is 10.5 Å². The molecule has 1 aliphatic rings. The standard InChI is InChI=1S/C13H19NO3S/c1-10-2-4-12(5-3-10)17-8-13(14)11-6-7-18(15,16)9-11/h2-5,11,13H,6-9,14H2,1H3. The lowest BCUT2D eigenvalue weighted by atomic mass is 10.0. The summed E-state index contributed by atoms with van der Waals surface area (Å²) in [5, 5.41) is 0. The Kier molecular flexibility index (Phi) is 3.92. The van der Waals surface area contributed by atoms with E-state index in [0.29, 0.717) is 13.0 Å². The highest BCUT2D eigenvalue weighted by atomic mass is 32.2. The Labute approximate surface area is 108 Å². The Morgan fingerprint density at radius 1 is 1.39 bits per heavy atom. The minimum Gasteiger partial charge on any atom is -0.492 e. The smallest absolute Gasteiger partial charge is 0.150 e. The van der Waals surface area contributed by atoms with Gasteiger partial charge in [-0.2, -0.15) is 0 Å². The monoisotopic (exact) mass is 269 g/mol. The topological polar surface area (TPSA) is 69.4 Å². The maximum Gasteiger partial charge on any atom is 0.150 e. The van der Waals surface area contributed by atoms with Gasteiger partial charge in [0.05, 0.1) is 11.5 Å². The van der Waals surface area contributed by atoms with Crippen molar-refractivity contribution in [1.29, 1.82) is 0 Å². The molecule has 0 saturated carbocycles. The van der Waals surface area contributed by atoms with Gasteiger partial charge in [-0.25, -0.2) is 8.42 Å². The van der Waals surface area contributed by atoms with Crippen LogP contribution in [0.2, 0.25) is 0 Å². The molecule has 2 atom stereocenters. The third-order valence-corrected chi connectivity index (χ3v) is 5.13. The number of sulfone groups is 1. The van der Waals surface area contributed by atoms with Crippen LogP contribution in [0.1, 0.15) is 12.0 Å². The van der Waals surface area contributed by atoms with Gasteiger partial charge < -0.3 is 10.5 Å². The second kappa shape index (κ2) is 5.28. The summed E-state index contributed by atoms with van der Waals surface area (Å²) < 4.78 is 28.3. The van der Waals surface area contributed by atoms with Gasteiger partial charge in [0, 0.05) is 6.04 Å². The van der Waals surface area contributed by atoms with E-state index in [4.69, 9.17) is 10.5 Å². The normalized spacial score (nSPS) is 23.8. The fourth-order valence-corrected chi connectivity index (χ4v) is 4.02. The fourth-order valence-electron chi connectivity index (χ4n) is 2.12. The third kappa shape index (κ3) is 3.46. The third-order valence-electron chi connectivity index (χ3n) is 3.34. The molecule has 2 N–H and O–H groups in total. The molecular formula is C13H19NO3S. The summed E-state index contributed by atoms with van der Waals surface area (Å²) in [6.07, 6.45) is 0.654. The van der Waals surface area contributed by atoms with Crippen LogP contribution in [0.3, 0.4) is 0 Å². The van der Waals surface area contributed by atoms with Gasteiger partial charge in [0.25, 0.3) is 0 Å². The highest BCUT2D eigenvalue weighted by Crippen LogP contribution is 2.21. The minimum atomic E-state index is -2.86. The van der Waals surface area contributed by atoms with Crippen molar-refractivity contribution < 1.29 is 13.2 Å². The molecule has 100 valence electrons. The lowest BCUT2D eigenvalue weighted by Gasteiger charge is -2.18. The number of ether oxygens (including phenoxy) is 1. The lowest BCUT2D eigenvalue weighted by Crippen LogP contribution is -2.36. The van der Waals surface area contributed by atoms with E-state index in [0.717, 1.165) is 5.75 Å². The van der Waals surface area contributed by atoms with Gasteiger partial charge in [-0.05, 0) is 31.4 Å². The molecule has 0 radical (unpaired) electrons. The van der Waals surface area contributed by atoms with Gasteiger partial charge >= 0.3 is 0 Å². The molecule has 2 rings (SSSR count). The second-order valence-electron chi connectivity index (χ2n) is 4.95. The van der Waals surface area contributed by atoms with Gasteiger partial charge in [-0.1, -0.05) is 17.7 Å². The van der Waals surface area contributed by atoms with Crippen molar-refractivity contribution in [2.24, 2.45) is 11.7 Å². The number of rotatable bonds is 4. The average Bonchev–Trinajstić information content (AvgIpc) is 2.69. The van der Waals surface area contributed by atoms with Crippen LogP contribution in [-0.4, -0.2) is 32.6 Å². The molecule has 0 spiro atoms. The molecule has 0 bridgehead atoms. The Hall–Kier alpha value is -1.07. The van der Waals surface area contributed by atoms with Crippen LogP contribution in [0.5, 0.6) is 5.75 Å². The molecule has 0 aromatic heterocycles. The predicted octanol–water partition coefficient (Wildman–Crippen LogP) is 1.14. The summed E-state index contributed by atoms with van der Waals surface area (Å²) in [5.74, 6) is 1.26. The molecular weight excluding hydrogens is 250 g/mol. The highest BCUT2D eigenvalue weighted by Gasteiger charge is 2.32. The number of hydrogen-bond acceptors (Lipinski definition) is 4. The van der Waals surface area contributed by atoms with Gasteiger partial charge in [0.15, 0.2) is 9.84 Å². The first-order valence-electron chi connectivity index (χ1n) is 6.12. The van der Waals surface area contributed by atoms with Crippen LogP contribution in [0.4, 0.5) is 0 Å². The molecule has 1 aromatic rings. The van der Waals surface area contributed by atoms with Gasteiger partial charge in [0.2, 0.25) is 0 Å². The number of hydrogen-bond donors (Lipinski definition) is 1. The average molecular weight is 269 g/mol. The van der Waals surface area contributed by atoms with E-state index in [-0.39, 0.29) is 23.5 Å². The minimum absolute atomic E-state index is 0.0282. The van der Waals surface area contributed by atoms with Crippen LogP contribution in [-0.2, 0) is 9.84 Å². The summed E-state index contributed by atoms with van der Waals surface area (Å²) in [7, 11) is -2.86. The lowest BCUT2D eigenvalue weighted by molar-refractivity contribution is 0.254. The summed E-state index contributed by atoms with van der Waals surface area (Å²) in [5.41, 5.74) is 7.16. The zero-order chi connectivity index (χ0) is 13.2. The maximum atomic E-state index is 11.4. The highest BCUT2D eigenvalue weighted by molar-refractivity contribution is 7.91. The second-order valence-corrected chi connectivity index (χ2v) is 7.18. The number of nitrogens with two attached hydrogens (primary N) is 1. The van der Waals surface area contributed by atoms with E-state index >= 15 is 0 Å². The van der Waals surface area contributed by atoms with E-state index in [1.54, 1.807) is 0 Å². The first-order valence-corrected chi connectivity index (χ1v) is 7.94. The molecule has 0 amide bonds. The van der Waals surface area contributed by atoms with Crippen molar-refractivity contribution in [2.45, 2.75) is 19.4 Å². The zero-order valence-electron chi connectivity index (χ0n) is 10.5. The van der Waals surface area contributed by atoms with Gasteiger partial charge in [-0.3, -0.25) is 0 Å². The molecule has 4 nitrogen and oxygen atoms in total. The van der Waals surface area contributed by atoms with Gasteiger partial charge in [0.1, 0.15) is 12.4 Å². The Morgan fingerprint density at radius 3 is 2.61 bits per heavy atom. The zero-order valence-corrected chi connectivity index (χ0v) is 11.3. The van der Waals surface area contributed by atoms with Crippen molar-refractivity contribution in [3.8, 4) is 5.75 Å². The first-order chi connectivity index (χ1) is 8.46. The fraction of sp³-hybridized carbons (Fsp3) is 0.538. The van der Waals surface area contributed by atoms with E-state index in [2.05, 4.69) is 0 Å². The largest absolute Gasteiger partial charge is 0.492 e. The van der Waals surface area contributed by atoms with Crippen LogP contribution in [0, 0.1) is 12.8 Å². The Bertz CT molecular complexity index is 495. The molecule has 1 saturated heterocycles. The van der Waals surface area contributed by atoms with Crippen molar-refractivity contribution in [2.75, 3.05) is 18.1 Å². The number of benzene rings is 1. The van der Waals surface area contributed by atoms with E-state index < -0.39 is 9.84 Å². The van der Waals surface area contributed by atoms with Crippen LogP contribution >= 0.6 is 0 Å². The molecule has 1 aromatic carbocycles. The molecule has 1 fully saturated rings. The van der Waals surface area contributed by atoms with Gasteiger partial charge in [-0.15, -0.1) is 0 Å². The SMILES string of the molecule is Cc1ccc(OCC(N)C2CCS(=O)(=O)C2)cc1. The van der Waals surface area contributed by atoms with Crippen LogP contribution in [0.25, 0.3) is 0 Å². The Morgan fingerprint density at radius 2 is 2.06 bits per heavy atom. The summed E-state index contributed by atoms with van der Waals surface area (Å²) >= 11 is 0. The molecule has 18 heavy (non-hydrogen) atoms. The summed E-state index contributed by atoms with van der Waals surface area (Å²) in [6.45, 7) is 2.38.